The number of hydrogen-bond donors (Lipinski definition) is 2. The molecule has 0 bridgehead atoms. The van der Waals surface area contributed by atoms with E-state index in [0.717, 1.165) is 41.4 Å². The van der Waals surface area contributed by atoms with E-state index in [1.165, 1.54) is 7.11 Å². The number of carbonyl (C=O) groups is 2. The van der Waals surface area contributed by atoms with Gasteiger partial charge in [-0.25, -0.2) is 9.59 Å². The van der Waals surface area contributed by atoms with Crippen molar-refractivity contribution in [3.8, 4) is 17.3 Å². The van der Waals surface area contributed by atoms with Crippen LogP contribution in [-0.2, 0) is 4.74 Å². The quantitative estimate of drug-likeness (QED) is 0.502. The van der Waals surface area contributed by atoms with Gasteiger partial charge in [0, 0.05) is 26.0 Å². The second-order valence-corrected chi connectivity index (χ2v) is 8.34. The minimum atomic E-state index is -0.400. The predicted molar refractivity (Wildman–Crippen MR) is 128 cm³/mol. The fraction of sp³-hybridized carbons (Fsp3) is 0.320. The molecule has 1 saturated carbocycles. The van der Waals surface area contributed by atoms with Crippen LogP contribution < -0.4 is 10.6 Å². The van der Waals surface area contributed by atoms with E-state index < -0.39 is 5.97 Å². The summed E-state index contributed by atoms with van der Waals surface area (Å²) in [6.07, 6.45) is 3.19. The maximum atomic E-state index is 12.1. The smallest absolute Gasteiger partial charge is 0.337 e. The van der Waals surface area contributed by atoms with Gasteiger partial charge in [-0.3, -0.25) is 0 Å². The number of fused-ring (bicyclic) bond motifs is 1. The molecule has 0 spiro atoms. The Morgan fingerprint density at radius 2 is 1.91 bits per heavy atom. The van der Waals surface area contributed by atoms with E-state index in [4.69, 9.17) is 4.74 Å². The summed E-state index contributed by atoms with van der Waals surface area (Å²) >= 11 is 0. The minimum absolute atomic E-state index is 0. The Kier molecular flexibility index (Phi) is 5.87. The Bertz CT molecular complexity index is 1230. The molecule has 0 aliphatic heterocycles. The van der Waals surface area contributed by atoms with E-state index in [2.05, 4.69) is 21.3 Å². The first-order chi connectivity index (χ1) is 15.4. The van der Waals surface area contributed by atoms with Crippen LogP contribution in [0.5, 0.6) is 0 Å². The number of ether oxygens (including phenoxy) is 1. The summed E-state index contributed by atoms with van der Waals surface area (Å²) in [7, 11) is 1.36. The molecule has 0 saturated heterocycles. The lowest BCUT2D eigenvalue weighted by molar-refractivity contribution is 0.0601. The molecule has 1 aliphatic rings. The Labute approximate surface area is 189 Å². The number of nitriles is 1. The molecular weight excluding hydrogens is 404 g/mol. The fourth-order valence-electron chi connectivity index (χ4n) is 4.12. The topological polar surface area (TPSA) is 96.2 Å². The number of nitrogens with zero attached hydrogens (tertiary/aromatic N) is 2. The number of anilines is 1. The van der Waals surface area contributed by atoms with Crippen molar-refractivity contribution in [2.24, 2.45) is 0 Å². The number of methoxy groups -OCH3 is 1. The maximum absolute atomic E-state index is 12.1. The molecule has 1 fully saturated rings. The van der Waals surface area contributed by atoms with Gasteiger partial charge in [0.25, 0.3) is 0 Å². The SMILES string of the molecule is COC(=O)c1ccc2c(C#N)c(-c3ccc(NC(=O)NC(C)C)cc3)n(C3CCC3)c2c1.[HH].[HH]. The Morgan fingerprint density at radius 1 is 1.19 bits per heavy atom. The lowest BCUT2D eigenvalue weighted by Crippen LogP contribution is -2.34. The molecule has 168 valence electrons. The largest absolute Gasteiger partial charge is 0.465 e. The number of esters is 1. The number of amides is 2. The summed E-state index contributed by atoms with van der Waals surface area (Å²) in [6.45, 7) is 3.80. The Morgan fingerprint density at radius 3 is 2.47 bits per heavy atom. The second kappa shape index (κ2) is 8.75. The van der Waals surface area contributed by atoms with Gasteiger partial charge >= 0.3 is 12.0 Å². The molecule has 32 heavy (non-hydrogen) atoms. The molecule has 0 atom stereocenters. The van der Waals surface area contributed by atoms with E-state index >= 15 is 0 Å². The van der Waals surface area contributed by atoms with Crippen LogP contribution in [0.4, 0.5) is 10.5 Å². The zero-order chi connectivity index (χ0) is 22.8. The van der Waals surface area contributed by atoms with Gasteiger partial charge in [0.05, 0.1) is 29.4 Å². The first-order valence-corrected chi connectivity index (χ1v) is 10.8. The van der Waals surface area contributed by atoms with Crippen molar-refractivity contribution >= 4 is 28.6 Å². The number of urea groups is 1. The number of hydrogen-bond acceptors (Lipinski definition) is 4. The van der Waals surface area contributed by atoms with E-state index in [-0.39, 0.29) is 21.0 Å². The first kappa shape index (κ1) is 21.4. The lowest BCUT2D eigenvalue weighted by atomic mass is 9.92. The van der Waals surface area contributed by atoms with E-state index in [0.29, 0.717) is 16.8 Å². The van der Waals surface area contributed by atoms with Crippen LogP contribution in [0.2, 0.25) is 0 Å². The third-order valence-corrected chi connectivity index (χ3v) is 5.81. The van der Waals surface area contributed by atoms with Crippen LogP contribution >= 0.6 is 0 Å². The third-order valence-electron chi connectivity index (χ3n) is 5.81. The molecule has 2 aromatic carbocycles. The monoisotopic (exact) mass is 434 g/mol. The van der Waals surface area contributed by atoms with Crippen LogP contribution in [0, 0.1) is 11.3 Å². The number of nitrogens with one attached hydrogen (secondary N) is 2. The van der Waals surface area contributed by atoms with E-state index in [1.54, 1.807) is 6.07 Å². The number of rotatable bonds is 5. The average Bonchev–Trinajstić information content (AvgIpc) is 3.05. The van der Waals surface area contributed by atoms with Crippen LogP contribution in [-0.4, -0.2) is 29.7 Å². The molecule has 0 unspecified atom stereocenters. The summed E-state index contributed by atoms with van der Waals surface area (Å²) in [6, 6.07) is 15.3. The predicted octanol–water partition coefficient (Wildman–Crippen LogP) is 5.71. The molecule has 1 heterocycles. The fourth-order valence-corrected chi connectivity index (χ4v) is 4.12. The highest BCUT2D eigenvalue weighted by molar-refractivity contribution is 6.00. The first-order valence-electron chi connectivity index (χ1n) is 10.8. The van der Waals surface area contributed by atoms with Crippen LogP contribution in [0.1, 0.15) is 57.9 Å². The summed E-state index contributed by atoms with van der Waals surface area (Å²) in [5.41, 5.74) is 4.31. The molecule has 2 amide bonds. The zero-order valence-electron chi connectivity index (χ0n) is 18.4. The van der Waals surface area contributed by atoms with Gasteiger partial charge in [0.15, 0.2) is 0 Å². The maximum Gasteiger partial charge on any atom is 0.337 e. The van der Waals surface area contributed by atoms with Gasteiger partial charge in [-0.1, -0.05) is 18.2 Å². The average molecular weight is 435 g/mol. The number of carbonyl (C=O) groups excluding carboxylic acids is 2. The summed E-state index contributed by atoms with van der Waals surface area (Å²) in [5, 5.41) is 16.5. The summed E-state index contributed by atoms with van der Waals surface area (Å²) in [5.74, 6) is -0.400. The van der Waals surface area contributed by atoms with Crippen molar-refractivity contribution in [1.82, 2.24) is 9.88 Å². The van der Waals surface area contributed by atoms with Crippen molar-refractivity contribution < 1.29 is 17.2 Å². The van der Waals surface area contributed by atoms with Gasteiger partial charge in [0.2, 0.25) is 0 Å². The van der Waals surface area contributed by atoms with Gasteiger partial charge in [-0.05, 0) is 62.9 Å². The van der Waals surface area contributed by atoms with Gasteiger partial charge in [-0.2, -0.15) is 5.26 Å². The van der Waals surface area contributed by atoms with Crippen LogP contribution in [0.15, 0.2) is 42.5 Å². The third kappa shape index (κ3) is 3.92. The highest BCUT2D eigenvalue weighted by Crippen LogP contribution is 2.42. The van der Waals surface area contributed by atoms with Gasteiger partial charge in [-0.15, -0.1) is 0 Å². The number of benzene rings is 2. The van der Waals surface area contributed by atoms with Gasteiger partial charge < -0.3 is 19.9 Å². The molecule has 2 N–H and O–H groups in total. The van der Waals surface area contributed by atoms with E-state index in [9.17, 15) is 14.9 Å². The standard InChI is InChI=1S/C25H26N4O3.2H2/c1-15(2)27-25(31)28-18-10-7-16(8-11-18)23-21(14-26)20-12-9-17(24(30)32-3)13-22(20)29(23)19-5-4-6-19;;/h7-13,15,19H,4-6H2,1-3H3,(H2,27,28,31);2*1H. The normalized spacial score (nSPS) is 13.5. The second-order valence-electron chi connectivity index (χ2n) is 8.34. The molecule has 0 radical (unpaired) electrons. The van der Waals surface area contributed by atoms with Crippen molar-refractivity contribution in [3.05, 3.63) is 53.6 Å². The zero-order valence-corrected chi connectivity index (χ0v) is 18.4. The molecule has 4 rings (SSSR count). The van der Waals surface area contributed by atoms with Crippen LogP contribution in [0.25, 0.3) is 22.2 Å². The molecule has 3 aromatic rings. The minimum Gasteiger partial charge on any atom is -0.465 e. The van der Waals surface area contributed by atoms with Gasteiger partial charge in [0.1, 0.15) is 6.07 Å². The van der Waals surface area contributed by atoms with Crippen molar-refractivity contribution in [3.63, 3.8) is 0 Å². The Hall–Kier alpha value is -3.79. The molecule has 1 aromatic heterocycles. The number of aromatic nitrogens is 1. The molecule has 1 aliphatic carbocycles. The molecule has 7 heteroatoms. The lowest BCUT2D eigenvalue weighted by Gasteiger charge is -2.30. The van der Waals surface area contributed by atoms with Crippen LogP contribution in [0.3, 0.4) is 0 Å². The van der Waals surface area contributed by atoms with Crippen molar-refractivity contribution in [1.29, 1.82) is 5.26 Å². The summed E-state index contributed by atoms with van der Waals surface area (Å²) in [4.78, 5) is 24.1. The molecule has 7 nitrogen and oxygen atoms in total. The van der Waals surface area contributed by atoms with Crippen molar-refractivity contribution in [2.75, 3.05) is 12.4 Å². The van der Waals surface area contributed by atoms with Crippen molar-refractivity contribution in [2.45, 2.75) is 45.2 Å². The highest BCUT2D eigenvalue weighted by atomic mass is 16.5. The van der Waals surface area contributed by atoms with E-state index in [1.807, 2.05) is 50.2 Å². The summed E-state index contributed by atoms with van der Waals surface area (Å²) < 4.78 is 7.08. The molecular formula is C25H30N4O3. The Balaban J connectivity index is 0.00000204. The highest BCUT2D eigenvalue weighted by Gasteiger charge is 2.28.